The number of rotatable bonds is 4. The molecular weight excluding hydrogens is 220 g/mol. The minimum atomic E-state index is -1.52. The van der Waals surface area contributed by atoms with E-state index in [1.807, 2.05) is 0 Å². The number of carbonyl (C=O) groups is 1. The molecule has 0 spiro atoms. The van der Waals surface area contributed by atoms with Crippen LogP contribution in [0.4, 0.5) is 8.78 Å². The highest BCUT2D eigenvalue weighted by molar-refractivity contribution is 5.75. The summed E-state index contributed by atoms with van der Waals surface area (Å²) in [5, 5.41) is 8.63. The van der Waals surface area contributed by atoms with Gasteiger partial charge in [-0.25, -0.2) is 8.78 Å². The zero-order chi connectivity index (χ0) is 12.3. The number of methoxy groups -OCH3 is 1. The number of halogens is 2. The summed E-state index contributed by atoms with van der Waals surface area (Å²) in [5.74, 6) is -3.15. The van der Waals surface area contributed by atoms with Gasteiger partial charge in [0.15, 0.2) is 0 Å². The van der Waals surface area contributed by atoms with E-state index in [1.54, 1.807) is 0 Å². The summed E-state index contributed by atoms with van der Waals surface area (Å²) in [5.41, 5.74) is 4.67. The molecule has 1 rings (SSSR count). The summed E-state index contributed by atoms with van der Waals surface area (Å²) >= 11 is 0. The largest absolute Gasteiger partial charge is 0.480 e. The predicted molar refractivity (Wildman–Crippen MR) is 51.6 cm³/mol. The number of carboxylic acid groups (broad SMARTS) is 1. The quantitative estimate of drug-likeness (QED) is 0.816. The second kappa shape index (κ2) is 5.00. The van der Waals surface area contributed by atoms with Gasteiger partial charge in [-0.3, -0.25) is 4.79 Å². The van der Waals surface area contributed by atoms with Crippen LogP contribution in [0.25, 0.3) is 0 Å². The highest BCUT2D eigenvalue weighted by atomic mass is 19.1. The van der Waals surface area contributed by atoms with Crippen LogP contribution in [0.5, 0.6) is 0 Å². The van der Waals surface area contributed by atoms with Crippen molar-refractivity contribution in [1.82, 2.24) is 0 Å². The Morgan fingerprint density at radius 1 is 1.56 bits per heavy atom. The number of ether oxygens (including phenoxy) is 1. The van der Waals surface area contributed by atoms with E-state index in [0.29, 0.717) is 0 Å². The van der Waals surface area contributed by atoms with E-state index in [9.17, 15) is 13.6 Å². The fourth-order valence-electron chi connectivity index (χ4n) is 1.27. The lowest BCUT2D eigenvalue weighted by Gasteiger charge is -2.11. The minimum absolute atomic E-state index is 0.263. The van der Waals surface area contributed by atoms with Gasteiger partial charge in [0.25, 0.3) is 0 Å². The average Bonchev–Trinajstić information content (AvgIpc) is 2.23. The number of nitrogens with two attached hydrogens (primary N) is 1. The fourth-order valence-corrected chi connectivity index (χ4v) is 1.27. The normalized spacial score (nSPS) is 12.5. The Hall–Kier alpha value is -1.53. The van der Waals surface area contributed by atoms with E-state index >= 15 is 0 Å². The molecular formula is C10H11F2NO3. The molecule has 1 atom stereocenters. The van der Waals surface area contributed by atoms with Crippen molar-refractivity contribution in [2.45, 2.75) is 12.6 Å². The number of carboxylic acids is 1. The second-order valence-electron chi connectivity index (χ2n) is 3.18. The number of hydrogen-bond acceptors (Lipinski definition) is 3. The van der Waals surface area contributed by atoms with Crippen LogP contribution in [0.3, 0.4) is 0 Å². The molecule has 1 aromatic carbocycles. The van der Waals surface area contributed by atoms with Gasteiger partial charge in [-0.1, -0.05) is 6.07 Å². The third-order valence-electron chi connectivity index (χ3n) is 2.11. The minimum Gasteiger partial charge on any atom is -0.480 e. The van der Waals surface area contributed by atoms with Gasteiger partial charge < -0.3 is 15.6 Å². The lowest BCUT2D eigenvalue weighted by Crippen LogP contribution is -2.22. The molecule has 0 saturated heterocycles. The van der Waals surface area contributed by atoms with Crippen LogP contribution in [0.2, 0.25) is 0 Å². The fraction of sp³-hybridized carbons (Fsp3) is 0.300. The summed E-state index contributed by atoms with van der Waals surface area (Å²) in [6, 6.07) is 0.467. The molecule has 3 N–H and O–H groups in total. The molecule has 0 radical (unpaired) electrons. The second-order valence-corrected chi connectivity index (χ2v) is 3.18. The Labute approximate surface area is 90.6 Å². The summed E-state index contributed by atoms with van der Waals surface area (Å²) in [4.78, 5) is 10.6. The Balaban J connectivity index is 3.22. The molecule has 0 aromatic heterocycles. The predicted octanol–water partition coefficient (Wildman–Crippen LogP) is 1.20. The van der Waals surface area contributed by atoms with Gasteiger partial charge in [0.1, 0.15) is 17.7 Å². The van der Waals surface area contributed by atoms with Crippen molar-refractivity contribution < 1.29 is 23.4 Å². The van der Waals surface area contributed by atoms with Crippen LogP contribution in [-0.4, -0.2) is 18.2 Å². The highest BCUT2D eigenvalue weighted by Gasteiger charge is 2.22. The van der Waals surface area contributed by atoms with Crippen molar-refractivity contribution in [3.8, 4) is 0 Å². The molecule has 1 unspecified atom stereocenters. The molecule has 1 aromatic rings. The van der Waals surface area contributed by atoms with Crippen molar-refractivity contribution in [1.29, 1.82) is 0 Å². The lowest BCUT2D eigenvalue weighted by atomic mass is 10.0. The zero-order valence-electron chi connectivity index (χ0n) is 8.54. The first kappa shape index (κ1) is 12.5. The first-order valence-corrected chi connectivity index (χ1v) is 4.43. The van der Waals surface area contributed by atoms with E-state index in [2.05, 4.69) is 4.74 Å². The van der Waals surface area contributed by atoms with Crippen LogP contribution < -0.4 is 5.73 Å². The maximum Gasteiger partial charge on any atom is 0.325 e. The van der Waals surface area contributed by atoms with Crippen molar-refractivity contribution in [3.05, 3.63) is 34.9 Å². The highest BCUT2D eigenvalue weighted by Crippen LogP contribution is 2.22. The van der Waals surface area contributed by atoms with Gasteiger partial charge in [-0.2, -0.15) is 0 Å². The van der Waals surface area contributed by atoms with E-state index < -0.39 is 23.6 Å². The zero-order valence-corrected chi connectivity index (χ0v) is 8.54. The van der Waals surface area contributed by atoms with E-state index in [1.165, 1.54) is 7.11 Å². The first-order valence-electron chi connectivity index (χ1n) is 4.43. The van der Waals surface area contributed by atoms with Gasteiger partial charge in [-0.05, 0) is 6.07 Å². The monoisotopic (exact) mass is 231 g/mol. The molecule has 0 aliphatic heterocycles. The van der Waals surface area contributed by atoms with Crippen LogP contribution in [0.1, 0.15) is 17.2 Å². The van der Waals surface area contributed by atoms with Crippen molar-refractivity contribution in [3.63, 3.8) is 0 Å². The van der Waals surface area contributed by atoms with Crippen LogP contribution in [0.15, 0.2) is 12.1 Å². The topological polar surface area (TPSA) is 72.5 Å². The van der Waals surface area contributed by atoms with E-state index in [-0.39, 0.29) is 17.7 Å². The van der Waals surface area contributed by atoms with E-state index in [0.717, 1.165) is 12.1 Å². The summed E-state index contributed by atoms with van der Waals surface area (Å²) < 4.78 is 31.5. The number of aliphatic carboxylic acids is 1. The third-order valence-corrected chi connectivity index (χ3v) is 2.11. The standard InChI is InChI=1S/C10H11F2NO3/c1-16-4-6-7(11)3-2-5(8(6)12)9(13)10(14)15/h2-3,9H,4,13H2,1H3,(H,14,15). The molecule has 16 heavy (non-hydrogen) atoms. The SMILES string of the molecule is COCc1c(F)ccc(C(N)C(=O)O)c1F. The van der Waals surface area contributed by atoms with Crippen LogP contribution >= 0.6 is 0 Å². The van der Waals surface area contributed by atoms with Gasteiger partial charge in [-0.15, -0.1) is 0 Å². The average molecular weight is 231 g/mol. The number of benzene rings is 1. The molecule has 0 amide bonds. The smallest absolute Gasteiger partial charge is 0.325 e. The molecule has 0 aliphatic carbocycles. The Morgan fingerprint density at radius 3 is 2.69 bits per heavy atom. The van der Waals surface area contributed by atoms with Gasteiger partial charge in [0.05, 0.1) is 6.61 Å². The van der Waals surface area contributed by atoms with Crippen LogP contribution in [0, 0.1) is 11.6 Å². The lowest BCUT2D eigenvalue weighted by molar-refractivity contribution is -0.138. The molecule has 6 heteroatoms. The summed E-state index contributed by atoms with van der Waals surface area (Å²) in [6.45, 7) is -0.280. The molecule has 88 valence electrons. The first-order chi connectivity index (χ1) is 7.49. The molecule has 0 bridgehead atoms. The van der Waals surface area contributed by atoms with Crippen LogP contribution in [-0.2, 0) is 16.1 Å². The Bertz CT molecular complexity index is 409. The Kier molecular flexibility index (Phi) is 3.92. The maximum atomic E-state index is 13.7. The van der Waals surface area contributed by atoms with Gasteiger partial charge in [0.2, 0.25) is 0 Å². The van der Waals surface area contributed by atoms with Crippen molar-refractivity contribution in [2.75, 3.05) is 7.11 Å². The molecule has 0 heterocycles. The third kappa shape index (κ3) is 2.34. The number of hydrogen-bond donors (Lipinski definition) is 2. The summed E-state index contributed by atoms with van der Waals surface area (Å²) in [6.07, 6.45) is 0. The van der Waals surface area contributed by atoms with Gasteiger partial charge >= 0.3 is 5.97 Å². The Morgan fingerprint density at radius 2 is 2.19 bits per heavy atom. The molecule has 4 nitrogen and oxygen atoms in total. The van der Waals surface area contributed by atoms with Crippen molar-refractivity contribution in [2.24, 2.45) is 5.73 Å². The molecule has 0 saturated carbocycles. The maximum absolute atomic E-state index is 13.7. The molecule has 0 fully saturated rings. The molecule has 0 aliphatic rings. The summed E-state index contributed by atoms with van der Waals surface area (Å²) in [7, 11) is 1.28. The van der Waals surface area contributed by atoms with E-state index in [4.69, 9.17) is 10.8 Å². The van der Waals surface area contributed by atoms with Gasteiger partial charge in [0, 0.05) is 18.2 Å². The van der Waals surface area contributed by atoms with Crippen molar-refractivity contribution >= 4 is 5.97 Å².